The molecule has 0 aromatic heterocycles. The van der Waals surface area contributed by atoms with Gasteiger partial charge in [0.15, 0.2) is 11.5 Å². The molecule has 172 valence electrons. The summed E-state index contributed by atoms with van der Waals surface area (Å²) in [7, 11) is 3.08. The number of fused-ring (bicyclic) bond motifs is 1. The van der Waals surface area contributed by atoms with Crippen molar-refractivity contribution in [2.24, 2.45) is 11.3 Å². The number of benzene rings is 2. The van der Waals surface area contributed by atoms with Gasteiger partial charge in [-0.05, 0) is 44.0 Å². The molecule has 3 amide bonds. The highest BCUT2D eigenvalue weighted by molar-refractivity contribution is 6.02. The van der Waals surface area contributed by atoms with E-state index in [2.05, 4.69) is 24.5 Å². The molecule has 0 fully saturated rings. The summed E-state index contributed by atoms with van der Waals surface area (Å²) < 4.78 is 16.5. The van der Waals surface area contributed by atoms with Crippen LogP contribution in [0.4, 0.5) is 21.9 Å². The van der Waals surface area contributed by atoms with Crippen molar-refractivity contribution in [1.29, 1.82) is 0 Å². The standard InChI is InChI=1S/C24H31N3O5/c1-15(2)13-27-18-9-7-16(11-20(18)32-14-24(3,4)22(27)28)25-23(29)26-17-8-10-19(30-5)21(12-17)31-6/h7-12,15H,13-14H2,1-6H3,(H2,25,26,29). The lowest BCUT2D eigenvalue weighted by atomic mass is 9.92. The van der Waals surface area contributed by atoms with Crippen molar-refractivity contribution in [3.8, 4) is 17.2 Å². The summed E-state index contributed by atoms with van der Waals surface area (Å²) in [5.74, 6) is 1.97. The zero-order valence-electron chi connectivity index (χ0n) is 19.4. The van der Waals surface area contributed by atoms with E-state index in [-0.39, 0.29) is 12.5 Å². The van der Waals surface area contributed by atoms with Gasteiger partial charge in [0.05, 0.1) is 25.3 Å². The maximum Gasteiger partial charge on any atom is 0.323 e. The van der Waals surface area contributed by atoms with Gasteiger partial charge >= 0.3 is 6.03 Å². The predicted molar refractivity (Wildman–Crippen MR) is 125 cm³/mol. The van der Waals surface area contributed by atoms with Crippen molar-refractivity contribution < 1.29 is 23.8 Å². The highest BCUT2D eigenvalue weighted by Crippen LogP contribution is 2.38. The van der Waals surface area contributed by atoms with Crippen LogP contribution in [0, 0.1) is 11.3 Å². The maximum atomic E-state index is 13.1. The largest absolute Gasteiger partial charge is 0.493 e. The van der Waals surface area contributed by atoms with Crippen LogP contribution in [0.2, 0.25) is 0 Å². The SMILES string of the molecule is COc1ccc(NC(=O)Nc2ccc3c(c2)OCC(C)(C)C(=O)N3CC(C)C)cc1OC. The molecule has 1 aliphatic rings. The molecule has 0 atom stereocenters. The predicted octanol–water partition coefficient (Wildman–Crippen LogP) is 4.76. The number of urea groups is 1. The van der Waals surface area contributed by atoms with Crippen molar-refractivity contribution in [3.63, 3.8) is 0 Å². The summed E-state index contributed by atoms with van der Waals surface area (Å²) >= 11 is 0. The van der Waals surface area contributed by atoms with Crippen LogP contribution >= 0.6 is 0 Å². The molecule has 2 N–H and O–H groups in total. The minimum Gasteiger partial charge on any atom is -0.493 e. The monoisotopic (exact) mass is 441 g/mol. The van der Waals surface area contributed by atoms with Gasteiger partial charge in [-0.1, -0.05) is 13.8 Å². The molecule has 2 aromatic carbocycles. The fraction of sp³-hybridized carbons (Fsp3) is 0.417. The summed E-state index contributed by atoms with van der Waals surface area (Å²) in [4.78, 5) is 27.4. The average molecular weight is 442 g/mol. The first-order valence-electron chi connectivity index (χ1n) is 10.5. The third kappa shape index (κ3) is 5.07. The van der Waals surface area contributed by atoms with Gasteiger partial charge in [-0.15, -0.1) is 0 Å². The Morgan fingerprint density at radius 1 is 1.06 bits per heavy atom. The van der Waals surface area contributed by atoms with Gasteiger partial charge in [-0.2, -0.15) is 0 Å². The van der Waals surface area contributed by atoms with E-state index in [1.54, 1.807) is 42.3 Å². The molecule has 0 radical (unpaired) electrons. The Labute approximate surface area is 188 Å². The van der Waals surface area contributed by atoms with E-state index in [0.29, 0.717) is 46.8 Å². The molecule has 2 aromatic rings. The van der Waals surface area contributed by atoms with E-state index < -0.39 is 11.4 Å². The van der Waals surface area contributed by atoms with E-state index in [1.165, 1.54) is 7.11 Å². The van der Waals surface area contributed by atoms with Crippen molar-refractivity contribution in [2.75, 3.05) is 42.9 Å². The Balaban J connectivity index is 1.79. The maximum absolute atomic E-state index is 13.1. The van der Waals surface area contributed by atoms with Crippen molar-refractivity contribution in [1.82, 2.24) is 0 Å². The number of carbonyl (C=O) groups is 2. The number of anilines is 3. The lowest BCUT2D eigenvalue weighted by molar-refractivity contribution is -0.127. The van der Waals surface area contributed by atoms with Gasteiger partial charge in [0.25, 0.3) is 0 Å². The Morgan fingerprint density at radius 3 is 2.31 bits per heavy atom. The fourth-order valence-corrected chi connectivity index (χ4v) is 3.48. The number of rotatable bonds is 6. The van der Waals surface area contributed by atoms with E-state index in [4.69, 9.17) is 14.2 Å². The number of hydrogen-bond acceptors (Lipinski definition) is 5. The molecule has 0 saturated heterocycles. The smallest absolute Gasteiger partial charge is 0.323 e. The number of nitrogens with zero attached hydrogens (tertiary/aromatic N) is 1. The normalized spacial score (nSPS) is 14.8. The lowest BCUT2D eigenvalue weighted by Crippen LogP contribution is -2.43. The molecule has 8 heteroatoms. The zero-order valence-corrected chi connectivity index (χ0v) is 19.4. The molecule has 32 heavy (non-hydrogen) atoms. The van der Waals surface area contributed by atoms with Crippen LogP contribution in [0.5, 0.6) is 17.2 Å². The molecule has 3 rings (SSSR count). The molecule has 1 aliphatic heterocycles. The van der Waals surface area contributed by atoms with Gasteiger partial charge in [0.2, 0.25) is 5.91 Å². The van der Waals surface area contributed by atoms with Gasteiger partial charge in [-0.3, -0.25) is 4.79 Å². The summed E-state index contributed by atoms with van der Waals surface area (Å²) in [6.07, 6.45) is 0. The van der Waals surface area contributed by atoms with Crippen molar-refractivity contribution >= 4 is 29.0 Å². The van der Waals surface area contributed by atoms with Crippen molar-refractivity contribution in [2.45, 2.75) is 27.7 Å². The number of amides is 3. The van der Waals surface area contributed by atoms with Crippen molar-refractivity contribution in [3.05, 3.63) is 36.4 Å². The molecule has 0 saturated carbocycles. The van der Waals surface area contributed by atoms with Gasteiger partial charge < -0.3 is 29.7 Å². The minimum absolute atomic E-state index is 0.0249. The second-order valence-electron chi connectivity index (χ2n) is 8.81. The molecule has 0 spiro atoms. The number of carbonyl (C=O) groups excluding carboxylic acids is 2. The first kappa shape index (κ1) is 23.2. The van der Waals surface area contributed by atoms with E-state index in [0.717, 1.165) is 0 Å². The average Bonchev–Trinajstić information content (AvgIpc) is 2.83. The van der Waals surface area contributed by atoms with Gasteiger partial charge in [0.1, 0.15) is 12.4 Å². The second-order valence-corrected chi connectivity index (χ2v) is 8.81. The second kappa shape index (κ2) is 9.38. The molecule has 1 heterocycles. The number of nitrogens with one attached hydrogen (secondary N) is 2. The lowest BCUT2D eigenvalue weighted by Gasteiger charge is -2.29. The van der Waals surface area contributed by atoms with Crippen LogP contribution in [0.25, 0.3) is 0 Å². The molecular weight excluding hydrogens is 410 g/mol. The van der Waals surface area contributed by atoms with Gasteiger partial charge in [0, 0.05) is 30.1 Å². The fourth-order valence-electron chi connectivity index (χ4n) is 3.48. The molecule has 8 nitrogen and oxygen atoms in total. The summed E-state index contributed by atoms with van der Waals surface area (Å²) in [5.41, 5.74) is 1.17. The highest BCUT2D eigenvalue weighted by atomic mass is 16.5. The molecule has 0 unspecified atom stereocenters. The van der Waals surface area contributed by atoms with Crippen LogP contribution in [0.3, 0.4) is 0 Å². The zero-order chi connectivity index (χ0) is 23.5. The first-order valence-corrected chi connectivity index (χ1v) is 10.5. The van der Waals surface area contributed by atoms with Gasteiger partial charge in [-0.25, -0.2) is 4.79 Å². The number of methoxy groups -OCH3 is 2. The Morgan fingerprint density at radius 2 is 1.69 bits per heavy atom. The summed E-state index contributed by atoms with van der Waals surface area (Å²) in [5, 5.41) is 5.58. The van der Waals surface area contributed by atoms with Crippen LogP contribution in [-0.4, -0.2) is 39.3 Å². The summed E-state index contributed by atoms with van der Waals surface area (Å²) in [6, 6.07) is 10.0. The Kier molecular flexibility index (Phi) is 6.81. The number of ether oxygens (including phenoxy) is 3. The van der Waals surface area contributed by atoms with Crippen LogP contribution < -0.4 is 29.7 Å². The minimum atomic E-state index is -0.647. The molecule has 0 bridgehead atoms. The highest BCUT2D eigenvalue weighted by Gasteiger charge is 2.38. The summed E-state index contributed by atoms with van der Waals surface area (Å²) in [6.45, 7) is 8.74. The van der Waals surface area contributed by atoms with E-state index in [9.17, 15) is 9.59 Å². The van der Waals surface area contributed by atoms with Crippen LogP contribution in [0.1, 0.15) is 27.7 Å². The topological polar surface area (TPSA) is 89.1 Å². The van der Waals surface area contributed by atoms with E-state index in [1.807, 2.05) is 19.9 Å². The number of hydrogen-bond donors (Lipinski definition) is 2. The molecule has 0 aliphatic carbocycles. The van der Waals surface area contributed by atoms with Crippen LogP contribution in [0.15, 0.2) is 36.4 Å². The Bertz CT molecular complexity index is 1000. The third-order valence-corrected chi connectivity index (χ3v) is 5.11. The van der Waals surface area contributed by atoms with Crippen LogP contribution in [-0.2, 0) is 4.79 Å². The first-order chi connectivity index (χ1) is 15.1. The van der Waals surface area contributed by atoms with E-state index >= 15 is 0 Å². The third-order valence-electron chi connectivity index (χ3n) is 5.11. The quantitative estimate of drug-likeness (QED) is 0.675. The Hall–Kier alpha value is -3.42. The molecular formula is C24H31N3O5.